The normalized spacial score (nSPS) is 22.5. The van der Waals surface area contributed by atoms with E-state index in [-0.39, 0.29) is 49.8 Å². The van der Waals surface area contributed by atoms with Crippen LogP contribution in [0.1, 0.15) is 75.2 Å². The molecule has 6 nitrogen and oxygen atoms in total. The van der Waals surface area contributed by atoms with Crippen LogP contribution in [0.3, 0.4) is 0 Å². The monoisotopic (exact) mass is 467 g/mol. The smallest absolute Gasteiger partial charge is 0.248 e. The average molecular weight is 468 g/mol. The molecule has 2 aliphatic rings. The van der Waals surface area contributed by atoms with E-state index in [0.29, 0.717) is 35.3 Å². The van der Waals surface area contributed by atoms with Gasteiger partial charge in [-0.15, -0.1) is 0 Å². The zero-order valence-corrected chi connectivity index (χ0v) is 18.5. The Balaban J connectivity index is 1.45. The van der Waals surface area contributed by atoms with E-state index in [9.17, 15) is 22.4 Å². The maximum absolute atomic E-state index is 13.5. The molecule has 0 bridgehead atoms. The van der Waals surface area contributed by atoms with Crippen LogP contribution in [0.25, 0.3) is 5.65 Å². The van der Waals surface area contributed by atoms with Gasteiger partial charge in [-0.05, 0) is 37.7 Å². The second-order valence-electron chi connectivity index (χ2n) is 9.66. The summed E-state index contributed by atoms with van der Waals surface area (Å²) >= 11 is 0. The first-order valence-corrected chi connectivity index (χ1v) is 11.2. The summed E-state index contributed by atoms with van der Waals surface area (Å²) in [5, 5.41) is 7.21. The minimum absolute atomic E-state index is 0.0395. The molecule has 0 aromatic carbocycles. The quantitative estimate of drug-likeness (QED) is 0.456. The van der Waals surface area contributed by atoms with E-state index < -0.39 is 23.9 Å². The highest BCUT2D eigenvalue weighted by molar-refractivity contribution is 5.77. The Hall–Kier alpha value is -2.49. The Bertz CT molecular complexity index is 1030. The summed E-state index contributed by atoms with van der Waals surface area (Å²) in [4.78, 5) is 17.0. The van der Waals surface area contributed by atoms with Gasteiger partial charge in [0.1, 0.15) is 0 Å². The Morgan fingerprint density at radius 1 is 1.27 bits per heavy atom. The maximum atomic E-state index is 13.5. The van der Waals surface area contributed by atoms with Gasteiger partial charge in [0, 0.05) is 37.7 Å². The number of carbonyl (C=O) groups excluding carboxylic acids is 1. The fourth-order valence-electron chi connectivity index (χ4n) is 4.79. The van der Waals surface area contributed by atoms with Crippen molar-refractivity contribution in [3.63, 3.8) is 0 Å². The molecular formula is C23H29F4N5O. The van der Waals surface area contributed by atoms with Crippen molar-refractivity contribution in [2.24, 2.45) is 17.6 Å². The summed E-state index contributed by atoms with van der Waals surface area (Å²) in [6, 6.07) is 0.753. The van der Waals surface area contributed by atoms with Crippen LogP contribution in [0.5, 0.6) is 0 Å². The van der Waals surface area contributed by atoms with Crippen LogP contribution >= 0.6 is 0 Å². The van der Waals surface area contributed by atoms with Crippen LogP contribution in [-0.2, 0) is 4.79 Å². The lowest BCUT2D eigenvalue weighted by atomic mass is 9.79. The Morgan fingerprint density at radius 2 is 1.94 bits per heavy atom. The standard InChI is InChI=1S/C23H29F4N5O/c1-13(2)21(31-19(33)7-14-9-23(26,27)10-14)16-8-18-30-17(12-32(18)29-11-16)20(28)15-3-5-22(24,25)6-4-15/h8,11-12,14-15,20-21H,1,3-7,9-10,28H2,2H3,(H,31,33)/t20-,21?/m0/s1. The molecule has 0 spiro atoms. The Kier molecular flexibility index (Phi) is 6.24. The zero-order chi connectivity index (χ0) is 24.0. The van der Waals surface area contributed by atoms with Crippen molar-refractivity contribution in [2.45, 2.75) is 75.8 Å². The molecule has 2 aromatic rings. The van der Waals surface area contributed by atoms with Crippen LogP contribution in [0.2, 0.25) is 0 Å². The second kappa shape index (κ2) is 8.70. The number of rotatable bonds is 7. The Morgan fingerprint density at radius 3 is 2.55 bits per heavy atom. The predicted octanol–water partition coefficient (Wildman–Crippen LogP) is 4.72. The van der Waals surface area contributed by atoms with Crippen molar-refractivity contribution in [1.82, 2.24) is 19.9 Å². The highest BCUT2D eigenvalue weighted by Crippen LogP contribution is 2.44. The Labute approximate surface area is 189 Å². The number of alkyl halides is 4. The molecular weight excluding hydrogens is 438 g/mol. The van der Waals surface area contributed by atoms with Crippen LogP contribution in [0.15, 0.2) is 30.6 Å². The molecule has 1 amide bonds. The largest absolute Gasteiger partial charge is 0.345 e. The van der Waals surface area contributed by atoms with E-state index in [0.717, 1.165) is 0 Å². The average Bonchev–Trinajstić information content (AvgIpc) is 3.13. The summed E-state index contributed by atoms with van der Waals surface area (Å²) in [6.45, 7) is 5.70. The molecule has 0 radical (unpaired) electrons. The number of hydrogen-bond donors (Lipinski definition) is 2. The van der Waals surface area contributed by atoms with E-state index in [1.807, 2.05) is 0 Å². The molecule has 2 aliphatic carbocycles. The van der Waals surface area contributed by atoms with Crippen molar-refractivity contribution in [3.8, 4) is 0 Å². The number of carbonyl (C=O) groups is 1. The van der Waals surface area contributed by atoms with E-state index in [4.69, 9.17) is 5.73 Å². The van der Waals surface area contributed by atoms with Gasteiger partial charge in [-0.3, -0.25) is 4.79 Å². The summed E-state index contributed by atoms with van der Waals surface area (Å²) in [7, 11) is 0. The summed E-state index contributed by atoms with van der Waals surface area (Å²) < 4.78 is 54.6. The number of amides is 1. The molecule has 2 saturated carbocycles. The molecule has 3 N–H and O–H groups in total. The van der Waals surface area contributed by atoms with Gasteiger partial charge in [0.15, 0.2) is 5.65 Å². The molecule has 2 aromatic heterocycles. The number of hydrogen-bond acceptors (Lipinski definition) is 4. The van der Waals surface area contributed by atoms with Crippen LogP contribution in [0, 0.1) is 11.8 Å². The van der Waals surface area contributed by atoms with Crippen molar-refractivity contribution in [2.75, 3.05) is 0 Å². The third kappa shape index (κ3) is 5.37. The van der Waals surface area contributed by atoms with Gasteiger partial charge in [-0.2, -0.15) is 5.10 Å². The highest BCUT2D eigenvalue weighted by atomic mass is 19.3. The number of nitrogens with one attached hydrogen (secondary N) is 1. The molecule has 2 fully saturated rings. The first-order chi connectivity index (χ1) is 15.4. The molecule has 0 saturated heterocycles. The van der Waals surface area contributed by atoms with Gasteiger partial charge in [-0.1, -0.05) is 12.2 Å². The van der Waals surface area contributed by atoms with Crippen molar-refractivity contribution >= 4 is 11.6 Å². The first kappa shape index (κ1) is 23.7. The first-order valence-electron chi connectivity index (χ1n) is 11.2. The molecule has 180 valence electrons. The van der Waals surface area contributed by atoms with Crippen LogP contribution < -0.4 is 11.1 Å². The number of nitrogens with two attached hydrogens (primary N) is 1. The van der Waals surface area contributed by atoms with Crippen LogP contribution in [0.4, 0.5) is 17.6 Å². The van der Waals surface area contributed by atoms with Gasteiger partial charge in [0.2, 0.25) is 17.8 Å². The van der Waals surface area contributed by atoms with E-state index >= 15 is 0 Å². The van der Waals surface area contributed by atoms with Crippen LogP contribution in [-0.4, -0.2) is 32.4 Å². The molecule has 1 unspecified atom stereocenters. The van der Waals surface area contributed by atoms with E-state index in [2.05, 4.69) is 22.0 Å². The number of aromatic nitrogens is 3. The third-order valence-corrected chi connectivity index (χ3v) is 6.75. The summed E-state index contributed by atoms with van der Waals surface area (Å²) in [5.41, 5.74) is 8.76. The van der Waals surface area contributed by atoms with Crippen molar-refractivity contribution in [1.29, 1.82) is 0 Å². The lowest BCUT2D eigenvalue weighted by Gasteiger charge is -2.34. The minimum Gasteiger partial charge on any atom is -0.345 e. The zero-order valence-electron chi connectivity index (χ0n) is 18.5. The molecule has 10 heteroatoms. The molecule has 2 heterocycles. The second-order valence-corrected chi connectivity index (χ2v) is 9.66. The van der Waals surface area contributed by atoms with Gasteiger partial charge < -0.3 is 11.1 Å². The summed E-state index contributed by atoms with van der Waals surface area (Å²) in [5.74, 6) is -5.99. The number of fused-ring (bicyclic) bond motifs is 1. The molecule has 0 aliphatic heterocycles. The molecule has 4 rings (SSSR count). The minimum atomic E-state index is -2.66. The topological polar surface area (TPSA) is 85.3 Å². The lowest BCUT2D eigenvalue weighted by Crippen LogP contribution is -2.39. The third-order valence-electron chi connectivity index (χ3n) is 6.75. The SMILES string of the molecule is C=C(C)C(NC(=O)CC1CC(F)(F)C1)c1cnn2cc([C@@H](N)C3CCC(F)(F)CC3)nc2c1. The maximum Gasteiger partial charge on any atom is 0.248 e. The highest BCUT2D eigenvalue weighted by Gasteiger charge is 2.45. The van der Waals surface area contributed by atoms with E-state index in [1.165, 1.54) is 0 Å². The number of imidazole rings is 1. The fraction of sp³-hybridized carbons (Fsp3) is 0.609. The number of nitrogens with zero attached hydrogens (tertiary/aromatic N) is 3. The van der Waals surface area contributed by atoms with Gasteiger partial charge in [0.05, 0.1) is 30.2 Å². The number of halogens is 4. The van der Waals surface area contributed by atoms with Crippen molar-refractivity contribution < 1.29 is 22.4 Å². The fourth-order valence-corrected chi connectivity index (χ4v) is 4.79. The summed E-state index contributed by atoms with van der Waals surface area (Å²) in [6.07, 6.45) is 3.15. The van der Waals surface area contributed by atoms with Gasteiger partial charge >= 0.3 is 0 Å². The lowest BCUT2D eigenvalue weighted by molar-refractivity contribution is -0.134. The van der Waals surface area contributed by atoms with Crippen molar-refractivity contribution in [3.05, 3.63) is 41.9 Å². The predicted molar refractivity (Wildman–Crippen MR) is 115 cm³/mol. The van der Waals surface area contributed by atoms with Gasteiger partial charge in [-0.25, -0.2) is 27.1 Å². The molecule has 33 heavy (non-hydrogen) atoms. The van der Waals surface area contributed by atoms with Gasteiger partial charge in [0.25, 0.3) is 0 Å². The molecule has 2 atom stereocenters. The van der Waals surface area contributed by atoms with E-state index in [1.54, 1.807) is 29.9 Å².